The molecule has 12 heteroatoms. The number of anilines is 1. The summed E-state index contributed by atoms with van der Waals surface area (Å²) in [6, 6.07) is 16.7. The van der Waals surface area contributed by atoms with Gasteiger partial charge in [0.15, 0.2) is 6.29 Å². The minimum absolute atomic E-state index is 0.0462. The van der Waals surface area contributed by atoms with Crippen molar-refractivity contribution >= 4 is 34.9 Å². The quantitative estimate of drug-likeness (QED) is 0.0810. The van der Waals surface area contributed by atoms with Gasteiger partial charge >= 0.3 is 0 Å². The molecular weight excluding hydrogens is 602 g/mol. The molecule has 0 atom stereocenters. The monoisotopic (exact) mass is 651 g/mol. The Morgan fingerprint density at radius 1 is 0.957 bits per heavy atom. The SMILES string of the molecule is CN/C(N)=C/C=C(\N)CCCCc1nnc(NC(=O)Cc2ccccc2)s1.CNCC(C)C.O=CCOc1cccc(CC=O)c1. The van der Waals surface area contributed by atoms with Crippen molar-refractivity contribution in [2.75, 3.05) is 32.6 Å². The molecule has 1 aromatic heterocycles. The summed E-state index contributed by atoms with van der Waals surface area (Å²) in [5.74, 6) is 1.89. The number of unbranched alkanes of at least 4 members (excludes halogenated alkanes) is 1. The first kappa shape index (κ1) is 39.5. The van der Waals surface area contributed by atoms with Crippen molar-refractivity contribution in [1.29, 1.82) is 0 Å². The number of hydrogen-bond donors (Lipinski definition) is 5. The normalized spacial score (nSPS) is 11.0. The average molecular weight is 652 g/mol. The van der Waals surface area contributed by atoms with Crippen molar-refractivity contribution in [3.8, 4) is 5.75 Å². The number of carbonyl (C=O) groups excluding carboxylic acids is 3. The standard InChI is InChI=1S/C19H26N6OS.C10H10O3.C5H13N/c1-22-16(21)12-11-15(20)9-5-6-10-18-24-25-19(27-18)23-17(26)13-14-7-3-2-4-8-14;11-5-4-9-2-1-3-10(8-9)13-7-6-12;1-5(2)4-6-3/h2-4,7-8,11-12,22H,5-6,9-10,13,20-21H2,1H3,(H,23,25,26);1-3,5-6,8H,4,7H2;5-6H,4H2,1-3H3/b15-11-,16-12+;;. The summed E-state index contributed by atoms with van der Waals surface area (Å²) in [5.41, 5.74) is 14.2. The number of hydrogen-bond acceptors (Lipinski definition) is 11. The van der Waals surface area contributed by atoms with Gasteiger partial charge in [0, 0.05) is 25.6 Å². The van der Waals surface area contributed by atoms with E-state index in [4.69, 9.17) is 16.2 Å². The van der Waals surface area contributed by atoms with Crippen LogP contribution in [-0.4, -0.2) is 55.9 Å². The summed E-state index contributed by atoms with van der Waals surface area (Å²) in [5, 5.41) is 18.3. The third kappa shape index (κ3) is 19.7. The van der Waals surface area contributed by atoms with E-state index >= 15 is 0 Å². The maximum absolute atomic E-state index is 12.0. The Morgan fingerprint density at radius 2 is 1.70 bits per heavy atom. The van der Waals surface area contributed by atoms with E-state index in [0.29, 0.717) is 35.8 Å². The molecular formula is C34H49N7O4S. The van der Waals surface area contributed by atoms with Crippen LogP contribution in [0.25, 0.3) is 0 Å². The highest BCUT2D eigenvalue weighted by atomic mass is 32.1. The van der Waals surface area contributed by atoms with Crippen LogP contribution < -0.4 is 32.2 Å². The van der Waals surface area contributed by atoms with E-state index in [2.05, 4.69) is 40.0 Å². The van der Waals surface area contributed by atoms with E-state index in [1.165, 1.54) is 11.3 Å². The Labute approximate surface area is 276 Å². The van der Waals surface area contributed by atoms with Crippen LogP contribution in [0.15, 0.2) is 78.3 Å². The van der Waals surface area contributed by atoms with Crippen molar-refractivity contribution in [1.82, 2.24) is 20.8 Å². The first-order valence-electron chi connectivity index (χ1n) is 15.2. The van der Waals surface area contributed by atoms with Crippen LogP contribution in [0.1, 0.15) is 49.2 Å². The Hall–Kier alpha value is -4.55. The van der Waals surface area contributed by atoms with Gasteiger partial charge in [0.05, 0.1) is 12.2 Å². The van der Waals surface area contributed by atoms with Gasteiger partial charge in [0.2, 0.25) is 11.0 Å². The molecule has 0 aliphatic carbocycles. The molecule has 3 rings (SSSR count). The first-order chi connectivity index (χ1) is 22.2. The van der Waals surface area contributed by atoms with Crippen LogP contribution in [0, 0.1) is 5.92 Å². The fourth-order valence-electron chi connectivity index (χ4n) is 3.72. The number of carbonyl (C=O) groups is 3. The van der Waals surface area contributed by atoms with Crippen LogP contribution in [0.4, 0.5) is 5.13 Å². The molecule has 0 spiro atoms. The van der Waals surface area contributed by atoms with Gasteiger partial charge < -0.3 is 36.9 Å². The predicted octanol–water partition coefficient (Wildman–Crippen LogP) is 4.16. The summed E-state index contributed by atoms with van der Waals surface area (Å²) < 4.78 is 5.06. The number of nitrogens with zero attached hydrogens (tertiary/aromatic N) is 2. The Bertz CT molecular complexity index is 1340. The second-order valence-electron chi connectivity index (χ2n) is 10.5. The number of amides is 1. The minimum Gasteiger partial charge on any atom is -0.486 e. The molecule has 3 aromatic rings. The van der Waals surface area contributed by atoms with Crippen molar-refractivity contribution in [2.24, 2.45) is 17.4 Å². The number of aldehydes is 2. The number of aromatic nitrogens is 2. The summed E-state index contributed by atoms with van der Waals surface area (Å²) in [6.45, 7) is 5.55. The van der Waals surface area contributed by atoms with Crippen molar-refractivity contribution in [2.45, 2.75) is 52.4 Å². The highest BCUT2D eigenvalue weighted by Gasteiger charge is 2.09. The Balaban J connectivity index is 0.000000458. The van der Waals surface area contributed by atoms with Crippen LogP contribution in [0.2, 0.25) is 0 Å². The van der Waals surface area contributed by atoms with Crippen molar-refractivity contribution < 1.29 is 19.1 Å². The lowest BCUT2D eigenvalue weighted by Gasteiger charge is -2.02. The van der Waals surface area contributed by atoms with Gasteiger partial charge in [-0.3, -0.25) is 9.59 Å². The van der Waals surface area contributed by atoms with E-state index in [1.807, 2.05) is 49.5 Å². The molecule has 250 valence electrons. The van der Waals surface area contributed by atoms with E-state index in [9.17, 15) is 14.4 Å². The zero-order valence-corrected chi connectivity index (χ0v) is 28.1. The van der Waals surface area contributed by atoms with Crippen molar-refractivity contribution in [3.63, 3.8) is 0 Å². The number of ether oxygens (including phenoxy) is 1. The first-order valence-corrected chi connectivity index (χ1v) is 16.0. The molecule has 46 heavy (non-hydrogen) atoms. The highest BCUT2D eigenvalue weighted by molar-refractivity contribution is 7.15. The van der Waals surface area contributed by atoms with Crippen LogP contribution in [-0.2, 0) is 33.6 Å². The molecule has 0 saturated heterocycles. The molecule has 0 radical (unpaired) electrons. The second kappa shape index (κ2) is 24.7. The van der Waals surface area contributed by atoms with Gasteiger partial charge in [-0.05, 0) is 74.2 Å². The minimum atomic E-state index is -0.0873. The molecule has 0 aliphatic heterocycles. The third-order valence-electron chi connectivity index (χ3n) is 5.94. The van der Waals surface area contributed by atoms with E-state index in [1.54, 1.807) is 31.3 Å². The lowest BCUT2D eigenvalue weighted by molar-refractivity contribution is -0.115. The fourth-order valence-corrected chi connectivity index (χ4v) is 4.51. The Kier molecular flexibility index (Phi) is 21.2. The maximum atomic E-state index is 12.0. The predicted molar refractivity (Wildman–Crippen MR) is 186 cm³/mol. The zero-order chi connectivity index (χ0) is 34.0. The van der Waals surface area contributed by atoms with Crippen LogP contribution in [0.3, 0.4) is 0 Å². The molecule has 2 aromatic carbocycles. The van der Waals surface area contributed by atoms with Gasteiger partial charge in [-0.1, -0.05) is 67.6 Å². The van der Waals surface area contributed by atoms with E-state index in [0.717, 1.165) is 66.3 Å². The van der Waals surface area contributed by atoms with Gasteiger partial charge in [-0.2, -0.15) is 0 Å². The maximum Gasteiger partial charge on any atom is 0.230 e. The second-order valence-corrected chi connectivity index (χ2v) is 11.5. The molecule has 0 bridgehead atoms. The zero-order valence-electron chi connectivity index (χ0n) is 27.3. The summed E-state index contributed by atoms with van der Waals surface area (Å²) >= 11 is 1.41. The molecule has 0 saturated carbocycles. The fraction of sp³-hybridized carbons (Fsp3) is 0.382. The number of nitrogens with two attached hydrogens (primary N) is 2. The van der Waals surface area contributed by atoms with Gasteiger partial charge in [0.1, 0.15) is 23.7 Å². The summed E-state index contributed by atoms with van der Waals surface area (Å²) in [6.07, 6.45) is 9.30. The Morgan fingerprint density at radius 3 is 2.33 bits per heavy atom. The number of benzene rings is 2. The number of nitrogens with one attached hydrogen (secondary N) is 3. The highest BCUT2D eigenvalue weighted by Crippen LogP contribution is 2.18. The number of allylic oxidation sites excluding steroid dienone is 3. The molecule has 0 aliphatic rings. The lowest BCUT2D eigenvalue weighted by Crippen LogP contribution is -2.14. The summed E-state index contributed by atoms with van der Waals surface area (Å²) in [7, 11) is 3.73. The number of rotatable bonds is 17. The van der Waals surface area contributed by atoms with Gasteiger partial charge in [-0.25, -0.2) is 0 Å². The third-order valence-corrected chi connectivity index (χ3v) is 6.84. The van der Waals surface area contributed by atoms with E-state index in [-0.39, 0.29) is 12.5 Å². The largest absolute Gasteiger partial charge is 0.486 e. The van der Waals surface area contributed by atoms with Crippen LogP contribution >= 0.6 is 11.3 Å². The van der Waals surface area contributed by atoms with Crippen LogP contribution in [0.5, 0.6) is 5.75 Å². The average Bonchev–Trinajstić information content (AvgIpc) is 3.49. The smallest absolute Gasteiger partial charge is 0.230 e. The summed E-state index contributed by atoms with van der Waals surface area (Å²) in [4.78, 5) is 32.3. The topological polar surface area (TPSA) is 174 Å². The molecule has 11 nitrogen and oxygen atoms in total. The van der Waals surface area contributed by atoms with Gasteiger partial charge in [0.25, 0.3) is 0 Å². The number of aryl methyl sites for hydroxylation is 1. The molecule has 0 fully saturated rings. The molecule has 0 unspecified atom stereocenters. The van der Waals surface area contributed by atoms with Crippen molar-refractivity contribution in [3.05, 3.63) is 94.4 Å². The lowest BCUT2D eigenvalue weighted by atomic mass is 10.1. The molecule has 1 heterocycles. The van der Waals surface area contributed by atoms with Gasteiger partial charge in [-0.15, -0.1) is 10.2 Å². The van der Waals surface area contributed by atoms with E-state index < -0.39 is 0 Å². The molecule has 7 N–H and O–H groups in total. The molecule has 1 amide bonds.